The SMILES string of the molecule is CCCCN(c1ccccc1)c1cnc(C#N)cn1. The Balaban J connectivity index is 2.29. The normalized spacial score (nSPS) is 9.89. The minimum Gasteiger partial charge on any atom is -0.325 e. The third-order valence-corrected chi connectivity index (χ3v) is 2.83. The van der Waals surface area contributed by atoms with E-state index in [-0.39, 0.29) is 0 Å². The van der Waals surface area contributed by atoms with E-state index >= 15 is 0 Å². The van der Waals surface area contributed by atoms with Crippen molar-refractivity contribution in [1.29, 1.82) is 5.26 Å². The number of rotatable bonds is 5. The first kappa shape index (κ1) is 13.0. The third-order valence-electron chi connectivity index (χ3n) is 2.83. The molecular formula is C15H16N4. The van der Waals surface area contributed by atoms with E-state index in [1.165, 1.54) is 6.20 Å². The summed E-state index contributed by atoms with van der Waals surface area (Å²) < 4.78 is 0. The fourth-order valence-electron chi connectivity index (χ4n) is 1.82. The summed E-state index contributed by atoms with van der Waals surface area (Å²) in [5.41, 5.74) is 1.43. The van der Waals surface area contributed by atoms with Gasteiger partial charge in [-0.3, -0.25) is 0 Å². The largest absolute Gasteiger partial charge is 0.325 e. The van der Waals surface area contributed by atoms with Gasteiger partial charge in [0, 0.05) is 12.2 Å². The third kappa shape index (κ3) is 3.29. The molecule has 1 aromatic carbocycles. The van der Waals surface area contributed by atoms with Gasteiger partial charge in [0.05, 0.1) is 12.4 Å². The van der Waals surface area contributed by atoms with Crippen molar-refractivity contribution in [2.45, 2.75) is 19.8 Å². The number of anilines is 2. The van der Waals surface area contributed by atoms with Gasteiger partial charge in [0.1, 0.15) is 6.07 Å². The van der Waals surface area contributed by atoms with Crippen molar-refractivity contribution in [1.82, 2.24) is 9.97 Å². The number of benzene rings is 1. The lowest BCUT2D eigenvalue weighted by molar-refractivity contribution is 0.777. The second-order valence-corrected chi connectivity index (χ2v) is 4.21. The van der Waals surface area contributed by atoms with Crippen LogP contribution in [0.1, 0.15) is 25.5 Å². The Hall–Kier alpha value is -2.41. The van der Waals surface area contributed by atoms with Crippen molar-refractivity contribution in [2.75, 3.05) is 11.4 Å². The average molecular weight is 252 g/mol. The van der Waals surface area contributed by atoms with Gasteiger partial charge in [-0.1, -0.05) is 31.5 Å². The van der Waals surface area contributed by atoms with Crippen LogP contribution in [0.3, 0.4) is 0 Å². The molecule has 0 saturated carbocycles. The summed E-state index contributed by atoms with van der Waals surface area (Å²) >= 11 is 0. The van der Waals surface area contributed by atoms with E-state index in [9.17, 15) is 0 Å². The van der Waals surface area contributed by atoms with Gasteiger partial charge in [0.15, 0.2) is 11.5 Å². The van der Waals surface area contributed by atoms with E-state index in [0.29, 0.717) is 5.69 Å². The predicted octanol–water partition coefficient (Wildman–Crippen LogP) is 3.29. The smallest absolute Gasteiger partial charge is 0.158 e. The summed E-state index contributed by atoms with van der Waals surface area (Å²) in [6.07, 6.45) is 5.36. The zero-order valence-electron chi connectivity index (χ0n) is 11.0. The average Bonchev–Trinajstić information content (AvgIpc) is 2.49. The molecule has 0 saturated heterocycles. The van der Waals surface area contributed by atoms with E-state index in [4.69, 9.17) is 5.26 Å². The molecular weight excluding hydrogens is 236 g/mol. The van der Waals surface area contributed by atoms with Gasteiger partial charge >= 0.3 is 0 Å². The summed E-state index contributed by atoms with van der Waals surface area (Å²) in [7, 11) is 0. The van der Waals surface area contributed by atoms with E-state index in [1.54, 1.807) is 6.20 Å². The maximum Gasteiger partial charge on any atom is 0.158 e. The second-order valence-electron chi connectivity index (χ2n) is 4.21. The number of unbranched alkanes of at least 4 members (excludes halogenated alkanes) is 1. The van der Waals surface area contributed by atoms with Crippen molar-refractivity contribution in [3.05, 3.63) is 48.4 Å². The molecule has 1 aromatic heterocycles. The zero-order chi connectivity index (χ0) is 13.5. The first-order chi connectivity index (χ1) is 9.35. The van der Waals surface area contributed by atoms with Crippen molar-refractivity contribution in [2.24, 2.45) is 0 Å². The Morgan fingerprint density at radius 1 is 1.16 bits per heavy atom. The molecule has 0 aliphatic carbocycles. The number of nitriles is 1. The molecule has 0 fully saturated rings. The van der Waals surface area contributed by atoms with E-state index < -0.39 is 0 Å². The van der Waals surface area contributed by atoms with Crippen molar-refractivity contribution in [3.63, 3.8) is 0 Å². The molecule has 0 bridgehead atoms. The Bertz CT molecular complexity index is 543. The minimum absolute atomic E-state index is 0.340. The molecule has 0 unspecified atom stereocenters. The highest BCUT2D eigenvalue weighted by Gasteiger charge is 2.10. The van der Waals surface area contributed by atoms with Crippen LogP contribution in [-0.4, -0.2) is 16.5 Å². The molecule has 0 aliphatic heterocycles. The van der Waals surface area contributed by atoms with Crippen LogP contribution in [0.25, 0.3) is 0 Å². The van der Waals surface area contributed by atoms with Crippen molar-refractivity contribution in [3.8, 4) is 6.07 Å². The van der Waals surface area contributed by atoms with Crippen LogP contribution in [0.15, 0.2) is 42.7 Å². The summed E-state index contributed by atoms with van der Waals surface area (Å²) in [6.45, 7) is 3.05. The van der Waals surface area contributed by atoms with Gasteiger partial charge in [0.2, 0.25) is 0 Å². The van der Waals surface area contributed by atoms with Gasteiger partial charge in [-0.05, 0) is 18.6 Å². The number of nitrogens with zero attached hydrogens (tertiary/aromatic N) is 4. The van der Waals surface area contributed by atoms with Gasteiger partial charge in [-0.25, -0.2) is 9.97 Å². The Morgan fingerprint density at radius 3 is 2.53 bits per heavy atom. The monoisotopic (exact) mass is 252 g/mol. The van der Waals surface area contributed by atoms with E-state index in [2.05, 4.69) is 33.9 Å². The van der Waals surface area contributed by atoms with Gasteiger partial charge < -0.3 is 4.90 Å². The van der Waals surface area contributed by atoms with E-state index in [1.807, 2.05) is 24.3 Å². The summed E-state index contributed by atoms with van der Waals surface area (Å²) in [5.74, 6) is 0.777. The van der Waals surface area contributed by atoms with Gasteiger partial charge in [-0.15, -0.1) is 0 Å². The molecule has 2 rings (SSSR count). The number of hydrogen-bond donors (Lipinski definition) is 0. The topological polar surface area (TPSA) is 52.8 Å². The number of aromatic nitrogens is 2. The highest BCUT2D eigenvalue weighted by molar-refractivity contribution is 5.59. The fourth-order valence-corrected chi connectivity index (χ4v) is 1.82. The zero-order valence-corrected chi connectivity index (χ0v) is 11.0. The molecule has 2 aromatic rings. The summed E-state index contributed by atoms with van der Waals surface area (Å²) in [6, 6.07) is 12.1. The van der Waals surface area contributed by atoms with Crippen LogP contribution in [0.5, 0.6) is 0 Å². The van der Waals surface area contributed by atoms with E-state index in [0.717, 1.165) is 30.9 Å². The van der Waals surface area contributed by atoms with Crippen LogP contribution < -0.4 is 4.90 Å². The first-order valence-electron chi connectivity index (χ1n) is 6.40. The number of hydrogen-bond acceptors (Lipinski definition) is 4. The lowest BCUT2D eigenvalue weighted by atomic mass is 10.2. The Labute approximate surface area is 113 Å². The van der Waals surface area contributed by atoms with Crippen LogP contribution in [0, 0.1) is 11.3 Å². The highest BCUT2D eigenvalue weighted by atomic mass is 15.2. The minimum atomic E-state index is 0.340. The molecule has 96 valence electrons. The Morgan fingerprint density at radius 2 is 1.95 bits per heavy atom. The van der Waals surface area contributed by atoms with Crippen molar-refractivity contribution >= 4 is 11.5 Å². The quantitative estimate of drug-likeness (QED) is 0.819. The molecule has 0 aliphatic rings. The Kier molecular flexibility index (Phi) is 4.46. The lowest BCUT2D eigenvalue weighted by Crippen LogP contribution is -2.19. The maximum atomic E-state index is 8.76. The van der Waals surface area contributed by atoms with Crippen LogP contribution in [0.4, 0.5) is 11.5 Å². The second kappa shape index (κ2) is 6.50. The van der Waals surface area contributed by atoms with Crippen LogP contribution >= 0.6 is 0 Å². The maximum absolute atomic E-state index is 8.76. The predicted molar refractivity (Wildman–Crippen MR) is 75.1 cm³/mol. The molecule has 0 amide bonds. The highest BCUT2D eigenvalue weighted by Crippen LogP contribution is 2.22. The molecule has 19 heavy (non-hydrogen) atoms. The first-order valence-corrected chi connectivity index (χ1v) is 6.40. The van der Waals surface area contributed by atoms with Crippen LogP contribution in [0.2, 0.25) is 0 Å². The summed E-state index contributed by atoms with van der Waals surface area (Å²) in [5, 5.41) is 8.76. The molecule has 0 atom stereocenters. The molecule has 4 nitrogen and oxygen atoms in total. The van der Waals surface area contributed by atoms with Gasteiger partial charge in [-0.2, -0.15) is 5.26 Å². The summed E-state index contributed by atoms with van der Waals surface area (Å²) in [4.78, 5) is 10.5. The lowest BCUT2D eigenvalue weighted by Gasteiger charge is -2.23. The molecule has 0 N–H and O–H groups in total. The van der Waals surface area contributed by atoms with Crippen LogP contribution in [-0.2, 0) is 0 Å². The molecule has 4 heteroatoms. The van der Waals surface area contributed by atoms with Crippen molar-refractivity contribution < 1.29 is 0 Å². The molecule has 1 heterocycles. The fraction of sp³-hybridized carbons (Fsp3) is 0.267. The van der Waals surface area contributed by atoms with Gasteiger partial charge in [0.25, 0.3) is 0 Å². The number of para-hydroxylation sites is 1. The standard InChI is InChI=1S/C15H16N4/c1-2-3-9-19(14-7-5-4-6-8-14)15-12-17-13(10-16)11-18-15/h4-8,11-12H,2-3,9H2,1H3. The molecule has 0 spiro atoms. The molecule has 0 radical (unpaired) electrons.